The minimum absolute atomic E-state index is 0.642. The quantitative estimate of drug-likeness (QED) is 0.585. The number of aromatic nitrogens is 2. The van der Waals surface area contributed by atoms with Crippen LogP contribution in [0.5, 0.6) is 17.4 Å². The fraction of sp³-hybridized carbons (Fsp3) is 0.417. The van der Waals surface area contributed by atoms with Crippen LogP contribution in [0.4, 0.5) is 5.95 Å². The molecule has 5 rings (SSSR count). The Morgan fingerprint density at radius 3 is 2.68 bits per heavy atom. The first kappa shape index (κ1) is 19.9. The fourth-order valence-corrected chi connectivity index (χ4v) is 4.28. The first-order valence-electron chi connectivity index (χ1n) is 11.0. The Labute approximate surface area is 182 Å². The number of furan rings is 1. The summed E-state index contributed by atoms with van der Waals surface area (Å²) in [6, 6.07) is 11.6. The van der Waals surface area contributed by atoms with E-state index in [1.807, 2.05) is 36.4 Å². The minimum atomic E-state index is 0.642. The van der Waals surface area contributed by atoms with Crippen LogP contribution in [0.15, 0.2) is 47.1 Å². The van der Waals surface area contributed by atoms with E-state index in [-0.39, 0.29) is 0 Å². The van der Waals surface area contributed by atoms with E-state index in [1.54, 1.807) is 13.4 Å². The van der Waals surface area contributed by atoms with Crippen molar-refractivity contribution < 1.29 is 13.9 Å². The van der Waals surface area contributed by atoms with E-state index in [4.69, 9.17) is 23.9 Å². The van der Waals surface area contributed by atoms with Crippen LogP contribution in [0.25, 0.3) is 0 Å². The Balaban J connectivity index is 1.46. The predicted molar refractivity (Wildman–Crippen MR) is 118 cm³/mol. The molecule has 0 radical (unpaired) electrons. The number of rotatable bonds is 6. The van der Waals surface area contributed by atoms with Gasteiger partial charge in [0, 0.05) is 38.7 Å². The summed E-state index contributed by atoms with van der Waals surface area (Å²) in [6.45, 7) is 4.43. The number of piperidine rings is 1. The second kappa shape index (κ2) is 8.98. The molecule has 2 aliphatic rings. The second-order valence-electron chi connectivity index (χ2n) is 8.12. The van der Waals surface area contributed by atoms with Gasteiger partial charge in [-0.1, -0.05) is 6.07 Å². The van der Waals surface area contributed by atoms with Crippen molar-refractivity contribution >= 4 is 5.95 Å². The summed E-state index contributed by atoms with van der Waals surface area (Å²) in [5.74, 6) is 3.87. The maximum Gasteiger partial charge on any atom is 0.228 e. The van der Waals surface area contributed by atoms with Gasteiger partial charge < -0.3 is 18.8 Å². The molecule has 31 heavy (non-hydrogen) atoms. The maximum atomic E-state index is 6.33. The first-order valence-corrected chi connectivity index (χ1v) is 11.0. The molecule has 0 aliphatic carbocycles. The molecular formula is C24H28N4O3. The molecular weight excluding hydrogens is 392 g/mol. The average Bonchev–Trinajstić information content (AvgIpc) is 3.33. The number of methoxy groups -OCH3 is 1. The SMILES string of the molecule is COc1cccc(Oc2nc(N3CCCCC3)nc3c2CN(Cc2ccco2)CC3)c1. The van der Waals surface area contributed by atoms with E-state index in [0.717, 1.165) is 67.9 Å². The lowest BCUT2D eigenvalue weighted by Gasteiger charge is -2.31. The summed E-state index contributed by atoms with van der Waals surface area (Å²) in [6.07, 6.45) is 6.23. The van der Waals surface area contributed by atoms with Gasteiger partial charge in [-0.3, -0.25) is 4.90 Å². The zero-order valence-electron chi connectivity index (χ0n) is 17.9. The molecule has 7 heteroatoms. The normalized spacial score (nSPS) is 16.7. The molecule has 0 unspecified atom stereocenters. The highest BCUT2D eigenvalue weighted by molar-refractivity contribution is 5.44. The van der Waals surface area contributed by atoms with Crippen molar-refractivity contribution in [3.05, 3.63) is 59.7 Å². The van der Waals surface area contributed by atoms with Crippen LogP contribution in [-0.4, -0.2) is 41.6 Å². The summed E-state index contributed by atoms with van der Waals surface area (Å²) in [4.78, 5) is 14.5. The van der Waals surface area contributed by atoms with Gasteiger partial charge in [0.15, 0.2) is 0 Å². The van der Waals surface area contributed by atoms with Gasteiger partial charge in [0.05, 0.1) is 31.2 Å². The van der Waals surface area contributed by atoms with E-state index in [0.29, 0.717) is 11.6 Å². The van der Waals surface area contributed by atoms with Gasteiger partial charge in [0.25, 0.3) is 0 Å². The highest BCUT2D eigenvalue weighted by atomic mass is 16.5. The van der Waals surface area contributed by atoms with E-state index in [9.17, 15) is 0 Å². The Bertz CT molecular complexity index is 1020. The number of nitrogens with zero attached hydrogens (tertiary/aromatic N) is 4. The highest BCUT2D eigenvalue weighted by Crippen LogP contribution is 2.33. The summed E-state index contributed by atoms with van der Waals surface area (Å²) in [7, 11) is 1.66. The van der Waals surface area contributed by atoms with Crippen molar-refractivity contribution in [2.75, 3.05) is 31.6 Å². The molecule has 1 aromatic carbocycles. The monoisotopic (exact) mass is 420 g/mol. The standard InChI is InChI=1S/C24H28N4O3/c1-29-18-7-5-8-19(15-18)31-23-21-17-27(16-20-9-6-14-30-20)13-10-22(21)25-24(26-23)28-11-3-2-4-12-28/h5-9,14-15H,2-4,10-13,16-17H2,1H3. The van der Waals surface area contributed by atoms with Crippen LogP contribution in [0.1, 0.15) is 36.3 Å². The van der Waals surface area contributed by atoms with Crippen LogP contribution in [-0.2, 0) is 19.5 Å². The molecule has 162 valence electrons. The zero-order valence-corrected chi connectivity index (χ0v) is 17.9. The Morgan fingerprint density at radius 2 is 1.87 bits per heavy atom. The summed E-state index contributed by atoms with van der Waals surface area (Å²) in [5, 5.41) is 0. The molecule has 0 atom stereocenters. The molecule has 4 heterocycles. The summed E-state index contributed by atoms with van der Waals surface area (Å²) in [5.41, 5.74) is 2.14. The Kier molecular flexibility index (Phi) is 5.76. The summed E-state index contributed by atoms with van der Waals surface area (Å²) < 4.78 is 17.2. The molecule has 7 nitrogen and oxygen atoms in total. The van der Waals surface area contributed by atoms with Crippen molar-refractivity contribution in [3.63, 3.8) is 0 Å². The molecule has 0 saturated carbocycles. The predicted octanol–water partition coefficient (Wildman–Crippen LogP) is 4.42. The molecule has 0 bridgehead atoms. The number of ether oxygens (including phenoxy) is 2. The molecule has 0 amide bonds. The molecule has 1 fully saturated rings. The van der Waals surface area contributed by atoms with Crippen molar-refractivity contribution in [2.45, 2.75) is 38.8 Å². The number of hydrogen-bond donors (Lipinski definition) is 0. The lowest BCUT2D eigenvalue weighted by Crippen LogP contribution is -2.34. The van der Waals surface area contributed by atoms with E-state index >= 15 is 0 Å². The topological polar surface area (TPSA) is 63.9 Å². The molecule has 2 aromatic heterocycles. The number of hydrogen-bond acceptors (Lipinski definition) is 7. The molecule has 2 aliphatic heterocycles. The van der Waals surface area contributed by atoms with Crippen LogP contribution in [0.2, 0.25) is 0 Å². The number of anilines is 1. The number of benzene rings is 1. The molecule has 0 N–H and O–H groups in total. The van der Waals surface area contributed by atoms with Crippen molar-refractivity contribution in [1.29, 1.82) is 0 Å². The third-order valence-electron chi connectivity index (χ3n) is 5.94. The van der Waals surface area contributed by atoms with Crippen molar-refractivity contribution in [3.8, 4) is 17.4 Å². The van der Waals surface area contributed by atoms with Crippen LogP contribution in [0.3, 0.4) is 0 Å². The Morgan fingerprint density at radius 1 is 1.00 bits per heavy atom. The van der Waals surface area contributed by atoms with E-state index in [1.165, 1.54) is 19.3 Å². The molecule has 1 saturated heterocycles. The Hall–Kier alpha value is -3.06. The molecule has 3 aromatic rings. The fourth-order valence-electron chi connectivity index (χ4n) is 4.28. The smallest absolute Gasteiger partial charge is 0.228 e. The highest BCUT2D eigenvalue weighted by Gasteiger charge is 2.26. The van der Waals surface area contributed by atoms with Gasteiger partial charge >= 0.3 is 0 Å². The average molecular weight is 421 g/mol. The number of fused-ring (bicyclic) bond motifs is 1. The van der Waals surface area contributed by atoms with E-state index < -0.39 is 0 Å². The second-order valence-corrected chi connectivity index (χ2v) is 8.12. The van der Waals surface area contributed by atoms with Crippen molar-refractivity contribution in [1.82, 2.24) is 14.9 Å². The van der Waals surface area contributed by atoms with Gasteiger partial charge in [-0.2, -0.15) is 4.98 Å². The van der Waals surface area contributed by atoms with Crippen LogP contribution >= 0.6 is 0 Å². The lowest BCUT2D eigenvalue weighted by atomic mass is 10.1. The van der Waals surface area contributed by atoms with Gasteiger partial charge in [-0.05, 0) is 43.5 Å². The largest absolute Gasteiger partial charge is 0.497 e. The summed E-state index contributed by atoms with van der Waals surface area (Å²) >= 11 is 0. The third-order valence-corrected chi connectivity index (χ3v) is 5.94. The molecule has 0 spiro atoms. The van der Waals surface area contributed by atoms with Gasteiger partial charge in [0.1, 0.15) is 17.3 Å². The van der Waals surface area contributed by atoms with Crippen molar-refractivity contribution in [2.24, 2.45) is 0 Å². The van der Waals surface area contributed by atoms with Gasteiger partial charge in [0.2, 0.25) is 11.8 Å². The third kappa shape index (κ3) is 4.51. The van der Waals surface area contributed by atoms with Crippen LogP contribution < -0.4 is 14.4 Å². The zero-order chi connectivity index (χ0) is 21.0. The minimum Gasteiger partial charge on any atom is -0.497 e. The van der Waals surface area contributed by atoms with Crippen LogP contribution in [0, 0.1) is 0 Å². The first-order chi connectivity index (χ1) is 15.3. The van der Waals surface area contributed by atoms with Gasteiger partial charge in [-0.25, -0.2) is 4.98 Å². The maximum absolute atomic E-state index is 6.33. The van der Waals surface area contributed by atoms with E-state index in [2.05, 4.69) is 9.80 Å². The van der Waals surface area contributed by atoms with Gasteiger partial charge in [-0.15, -0.1) is 0 Å². The lowest BCUT2D eigenvalue weighted by molar-refractivity contribution is 0.219.